The van der Waals surface area contributed by atoms with E-state index in [0.29, 0.717) is 12.0 Å². The number of aryl methyl sites for hydroxylation is 1. The number of rotatable bonds is 8. The number of carbonyl (C=O) groups excluding carboxylic acids is 1. The second-order valence-corrected chi connectivity index (χ2v) is 7.02. The molecule has 0 saturated carbocycles. The molecule has 1 fully saturated rings. The molecule has 4 heteroatoms. The van der Waals surface area contributed by atoms with E-state index in [1.807, 2.05) is 24.1 Å². The fourth-order valence-electron chi connectivity index (χ4n) is 3.65. The topological polar surface area (TPSA) is 37.6 Å². The SMILES string of the molecule is C=CC(=O)N1CC(n2ccc(C)c2C(C)C/C=C(C=C)\C(C=NC)=C\C)C1. The monoisotopic (exact) mass is 365 g/mol. The summed E-state index contributed by atoms with van der Waals surface area (Å²) in [5.41, 5.74) is 4.84. The van der Waals surface area contributed by atoms with Crippen molar-refractivity contribution >= 4 is 12.1 Å². The van der Waals surface area contributed by atoms with Gasteiger partial charge in [0.25, 0.3) is 0 Å². The van der Waals surface area contributed by atoms with Gasteiger partial charge < -0.3 is 9.47 Å². The Kier molecular flexibility index (Phi) is 7.17. The summed E-state index contributed by atoms with van der Waals surface area (Å²) in [6, 6.07) is 2.52. The van der Waals surface area contributed by atoms with Gasteiger partial charge in [-0.25, -0.2) is 0 Å². The van der Waals surface area contributed by atoms with Crippen molar-refractivity contribution in [1.29, 1.82) is 0 Å². The van der Waals surface area contributed by atoms with Crippen molar-refractivity contribution < 1.29 is 4.79 Å². The number of carbonyl (C=O) groups is 1. The predicted octanol–water partition coefficient (Wildman–Crippen LogP) is 4.62. The zero-order valence-corrected chi connectivity index (χ0v) is 17.0. The van der Waals surface area contributed by atoms with Crippen molar-refractivity contribution in [3.8, 4) is 0 Å². The zero-order valence-electron chi connectivity index (χ0n) is 17.0. The molecule has 0 radical (unpaired) electrons. The Morgan fingerprint density at radius 1 is 1.33 bits per heavy atom. The number of allylic oxidation sites excluding steroid dienone is 5. The van der Waals surface area contributed by atoms with Crippen molar-refractivity contribution in [2.75, 3.05) is 20.1 Å². The number of nitrogens with zero attached hydrogens (tertiary/aromatic N) is 3. The van der Waals surface area contributed by atoms with Crippen molar-refractivity contribution in [3.05, 3.63) is 72.1 Å². The van der Waals surface area contributed by atoms with Gasteiger partial charge in [-0.2, -0.15) is 0 Å². The van der Waals surface area contributed by atoms with E-state index < -0.39 is 0 Å². The Bertz CT molecular complexity index is 789. The largest absolute Gasteiger partial charge is 0.344 e. The first-order chi connectivity index (χ1) is 13.0. The van der Waals surface area contributed by atoms with E-state index in [1.54, 1.807) is 7.05 Å². The average molecular weight is 366 g/mol. The molecule has 0 spiro atoms. The lowest BCUT2D eigenvalue weighted by molar-refractivity contribution is -0.131. The third kappa shape index (κ3) is 4.57. The Labute approximate surface area is 163 Å². The van der Waals surface area contributed by atoms with Crippen molar-refractivity contribution in [3.63, 3.8) is 0 Å². The van der Waals surface area contributed by atoms with Crippen LogP contribution in [0.1, 0.15) is 43.5 Å². The van der Waals surface area contributed by atoms with Crippen LogP contribution < -0.4 is 0 Å². The summed E-state index contributed by atoms with van der Waals surface area (Å²) in [6.45, 7) is 15.5. The van der Waals surface area contributed by atoms with Gasteiger partial charge in [0.1, 0.15) is 0 Å². The minimum atomic E-state index is 0.0137. The molecule has 4 nitrogen and oxygen atoms in total. The number of aliphatic imine (C=N–C) groups is 1. The maximum absolute atomic E-state index is 11.7. The van der Waals surface area contributed by atoms with E-state index in [1.165, 1.54) is 17.3 Å². The second kappa shape index (κ2) is 9.36. The molecule has 1 aliphatic rings. The summed E-state index contributed by atoms with van der Waals surface area (Å²) >= 11 is 0. The van der Waals surface area contributed by atoms with Crippen LogP contribution >= 0.6 is 0 Å². The summed E-state index contributed by atoms with van der Waals surface area (Å²) < 4.78 is 2.35. The van der Waals surface area contributed by atoms with Crippen LogP contribution in [-0.4, -0.2) is 41.7 Å². The van der Waals surface area contributed by atoms with Gasteiger partial charge in [0, 0.05) is 44.2 Å². The molecule has 1 amide bonds. The molecule has 144 valence electrons. The van der Waals surface area contributed by atoms with Gasteiger partial charge in [0.05, 0.1) is 6.04 Å². The lowest BCUT2D eigenvalue weighted by Gasteiger charge is -2.41. The Morgan fingerprint density at radius 2 is 2.04 bits per heavy atom. The highest BCUT2D eigenvalue weighted by Gasteiger charge is 2.32. The Hall–Kier alpha value is -2.62. The van der Waals surface area contributed by atoms with Crippen molar-refractivity contribution in [2.45, 2.75) is 39.2 Å². The maximum Gasteiger partial charge on any atom is 0.246 e. The molecule has 0 bridgehead atoms. The fraction of sp³-hybridized carbons (Fsp3) is 0.391. The Balaban J connectivity index is 2.15. The predicted molar refractivity (Wildman–Crippen MR) is 114 cm³/mol. The number of aromatic nitrogens is 1. The van der Waals surface area contributed by atoms with Gasteiger partial charge in [0.2, 0.25) is 5.91 Å². The number of amides is 1. The van der Waals surface area contributed by atoms with E-state index in [2.05, 4.69) is 61.0 Å². The second-order valence-electron chi connectivity index (χ2n) is 7.02. The molecule has 0 aliphatic carbocycles. The van der Waals surface area contributed by atoms with Crippen molar-refractivity contribution in [1.82, 2.24) is 9.47 Å². The smallest absolute Gasteiger partial charge is 0.246 e. The van der Waals surface area contributed by atoms with Crippen LogP contribution in [0.5, 0.6) is 0 Å². The highest BCUT2D eigenvalue weighted by Crippen LogP contribution is 2.31. The molecule has 1 atom stereocenters. The normalized spacial score (nSPS) is 17.1. The molecule has 1 aromatic heterocycles. The first kappa shape index (κ1) is 20.7. The molecule has 2 heterocycles. The van der Waals surface area contributed by atoms with Crippen LogP contribution in [0.3, 0.4) is 0 Å². The highest BCUT2D eigenvalue weighted by molar-refractivity contribution is 5.87. The van der Waals surface area contributed by atoms with Gasteiger partial charge in [-0.3, -0.25) is 9.79 Å². The summed E-state index contributed by atoms with van der Waals surface area (Å²) in [5.74, 6) is 0.385. The van der Waals surface area contributed by atoms with Crippen LogP contribution in [0.2, 0.25) is 0 Å². The van der Waals surface area contributed by atoms with E-state index >= 15 is 0 Å². The fourth-order valence-corrected chi connectivity index (χ4v) is 3.65. The van der Waals surface area contributed by atoms with E-state index in [4.69, 9.17) is 0 Å². The standard InChI is InChI=1S/C23H31N3O/c1-7-19(20(8-2)14-24-6)11-10-17(4)23-18(5)12-13-26(23)21-15-25(16-21)22(27)9-3/h7-9,11-14,17,21H,1,3,10,15-16H2,2,4-6H3/b19-11-,20-8+,24-14?. The van der Waals surface area contributed by atoms with Gasteiger partial charge in [-0.05, 0) is 49.1 Å². The molecule has 2 rings (SSSR count). The quantitative estimate of drug-likeness (QED) is 0.376. The maximum atomic E-state index is 11.7. The van der Waals surface area contributed by atoms with Crippen LogP contribution in [0.15, 0.2) is 65.9 Å². The molecule has 0 aromatic carbocycles. The molecule has 1 aliphatic heterocycles. The molecular weight excluding hydrogens is 334 g/mol. The summed E-state index contributed by atoms with van der Waals surface area (Å²) in [7, 11) is 1.78. The van der Waals surface area contributed by atoms with Gasteiger partial charge in [-0.15, -0.1) is 0 Å². The van der Waals surface area contributed by atoms with Gasteiger partial charge in [-0.1, -0.05) is 38.3 Å². The molecule has 1 aromatic rings. The molecule has 1 unspecified atom stereocenters. The first-order valence-corrected chi connectivity index (χ1v) is 9.46. The third-order valence-electron chi connectivity index (χ3n) is 5.20. The third-order valence-corrected chi connectivity index (χ3v) is 5.20. The minimum absolute atomic E-state index is 0.0137. The van der Waals surface area contributed by atoms with E-state index in [0.717, 1.165) is 30.7 Å². The van der Waals surface area contributed by atoms with Crippen LogP contribution in [-0.2, 0) is 4.79 Å². The van der Waals surface area contributed by atoms with Crippen LogP contribution in [0.25, 0.3) is 0 Å². The highest BCUT2D eigenvalue weighted by atomic mass is 16.2. The molecular formula is C23H31N3O. The lowest BCUT2D eigenvalue weighted by Crippen LogP contribution is -2.50. The van der Waals surface area contributed by atoms with Crippen LogP contribution in [0.4, 0.5) is 0 Å². The average Bonchev–Trinajstić information content (AvgIpc) is 3.00. The van der Waals surface area contributed by atoms with Gasteiger partial charge in [0.15, 0.2) is 0 Å². The zero-order chi connectivity index (χ0) is 20.0. The number of likely N-dealkylation sites (tertiary alicyclic amines) is 1. The van der Waals surface area contributed by atoms with E-state index in [9.17, 15) is 4.79 Å². The van der Waals surface area contributed by atoms with Gasteiger partial charge >= 0.3 is 0 Å². The Morgan fingerprint density at radius 3 is 2.59 bits per heavy atom. The number of hydrogen-bond acceptors (Lipinski definition) is 2. The molecule has 27 heavy (non-hydrogen) atoms. The van der Waals surface area contributed by atoms with Crippen LogP contribution in [0, 0.1) is 6.92 Å². The molecule has 0 N–H and O–H groups in total. The van der Waals surface area contributed by atoms with Crippen molar-refractivity contribution in [2.24, 2.45) is 4.99 Å². The summed E-state index contributed by atoms with van der Waals surface area (Å²) in [5, 5.41) is 0. The molecule has 1 saturated heterocycles. The lowest BCUT2D eigenvalue weighted by atomic mass is 9.96. The number of hydrogen-bond donors (Lipinski definition) is 0. The first-order valence-electron chi connectivity index (χ1n) is 9.46. The summed E-state index contributed by atoms with van der Waals surface area (Å²) in [4.78, 5) is 17.7. The summed E-state index contributed by atoms with van der Waals surface area (Å²) in [6.07, 6.45) is 12.5. The minimum Gasteiger partial charge on any atom is -0.344 e. The van der Waals surface area contributed by atoms with E-state index in [-0.39, 0.29) is 5.91 Å².